The monoisotopic (exact) mass is 179 g/mol. The Morgan fingerprint density at radius 3 is 2.17 bits per heavy atom. The maximum atomic E-state index is 5.65. The van der Waals surface area contributed by atoms with Crippen molar-refractivity contribution in [1.29, 1.82) is 0 Å². The molecule has 1 aromatic rings. The van der Waals surface area contributed by atoms with Gasteiger partial charge in [0.05, 0.1) is 0 Å². The Labute approximate surface area is 76.7 Å². The molecule has 1 nitrogen and oxygen atoms in total. The molecule has 0 unspecified atom stereocenters. The molecule has 2 heteroatoms. The quantitative estimate of drug-likeness (QED) is 0.634. The zero-order valence-electron chi connectivity index (χ0n) is 7.87. The highest BCUT2D eigenvalue weighted by Crippen LogP contribution is 2.21. The van der Waals surface area contributed by atoms with E-state index in [1.54, 1.807) is 0 Å². The summed E-state index contributed by atoms with van der Waals surface area (Å²) in [5, 5.41) is 0.315. The van der Waals surface area contributed by atoms with Crippen LogP contribution in [0.1, 0.15) is 20.8 Å². The first-order chi connectivity index (χ1) is 5.58. The lowest BCUT2D eigenvalue weighted by atomic mass is 10.3. The second kappa shape index (κ2) is 3.76. The Hall–Kier alpha value is -0.763. The SMILES string of the molecule is CC(C)(C)[SiH]Oc1ccccc1. The third kappa shape index (κ3) is 3.58. The summed E-state index contributed by atoms with van der Waals surface area (Å²) in [4.78, 5) is 0. The molecule has 0 aliphatic rings. The molecule has 65 valence electrons. The number of benzene rings is 1. The van der Waals surface area contributed by atoms with E-state index in [9.17, 15) is 0 Å². The van der Waals surface area contributed by atoms with E-state index in [0.29, 0.717) is 5.04 Å². The first-order valence-electron chi connectivity index (χ1n) is 4.14. The van der Waals surface area contributed by atoms with Gasteiger partial charge in [0, 0.05) is 0 Å². The van der Waals surface area contributed by atoms with Gasteiger partial charge in [0.2, 0.25) is 0 Å². The van der Waals surface area contributed by atoms with E-state index >= 15 is 0 Å². The van der Waals surface area contributed by atoms with Crippen LogP contribution in [0.3, 0.4) is 0 Å². The van der Waals surface area contributed by atoms with Gasteiger partial charge < -0.3 is 4.43 Å². The molecule has 1 radical (unpaired) electrons. The van der Waals surface area contributed by atoms with E-state index < -0.39 is 0 Å². The van der Waals surface area contributed by atoms with Gasteiger partial charge in [0.1, 0.15) is 5.75 Å². The maximum Gasteiger partial charge on any atom is 0.267 e. The number of rotatable bonds is 2. The fraction of sp³-hybridized carbons (Fsp3) is 0.400. The third-order valence-corrected chi connectivity index (χ3v) is 2.39. The Morgan fingerprint density at radius 2 is 1.67 bits per heavy atom. The highest BCUT2D eigenvalue weighted by molar-refractivity contribution is 6.32. The molecule has 0 bridgehead atoms. The molecule has 0 atom stereocenters. The van der Waals surface area contributed by atoms with Crippen molar-refractivity contribution in [1.82, 2.24) is 0 Å². The molecule has 0 fully saturated rings. The highest BCUT2D eigenvalue weighted by Gasteiger charge is 2.13. The molecule has 0 aliphatic heterocycles. The van der Waals surface area contributed by atoms with Crippen molar-refractivity contribution in [2.75, 3.05) is 0 Å². The van der Waals surface area contributed by atoms with Crippen LogP contribution < -0.4 is 4.43 Å². The lowest BCUT2D eigenvalue weighted by Gasteiger charge is -2.16. The Kier molecular flexibility index (Phi) is 2.92. The van der Waals surface area contributed by atoms with Crippen molar-refractivity contribution in [3.8, 4) is 5.75 Å². The van der Waals surface area contributed by atoms with Crippen LogP contribution in [-0.2, 0) is 0 Å². The summed E-state index contributed by atoms with van der Waals surface area (Å²) in [6.07, 6.45) is 0. The highest BCUT2D eigenvalue weighted by atomic mass is 28.2. The topological polar surface area (TPSA) is 9.23 Å². The van der Waals surface area contributed by atoms with Crippen LogP contribution in [0.25, 0.3) is 0 Å². The smallest absolute Gasteiger partial charge is 0.267 e. The summed E-state index contributed by atoms with van der Waals surface area (Å²) in [6.45, 7) is 6.60. The van der Waals surface area contributed by atoms with Crippen molar-refractivity contribution in [3.63, 3.8) is 0 Å². The molecule has 1 aromatic carbocycles. The number of hydrogen-bond donors (Lipinski definition) is 0. The molecule has 0 aromatic heterocycles. The molecule has 0 amide bonds. The van der Waals surface area contributed by atoms with E-state index in [4.69, 9.17) is 4.43 Å². The van der Waals surface area contributed by atoms with Gasteiger partial charge in [-0.25, -0.2) is 0 Å². The van der Waals surface area contributed by atoms with Crippen molar-refractivity contribution in [2.24, 2.45) is 0 Å². The third-order valence-electron chi connectivity index (χ3n) is 1.29. The average Bonchev–Trinajstić information content (AvgIpc) is 2.02. The minimum absolute atomic E-state index is 0.0352. The zero-order valence-corrected chi connectivity index (χ0v) is 9.03. The minimum Gasteiger partial charge on any atom is -0.545 e. The Balaban J connectivity index is 2.44. The van der Waals surface area contributed by atoms with Crippen LogP contribution in [0.4, 0.5) is 0 Å². The summed E-state index contributed by atoms with van der Waals surface area (Å²) in [5.74, 6) is 0.988. The van der Waals surface area contributed by atoms with E-state index in [-0.39, 0.29) is 9.76 Å². The molecule has 0 saturated carbocycles. The van der Waals surface area contributed by atoms with Crippen molar-refractivity contribution in [2.45, 2.75) is 25.8 Å². The summed E-state index contributed by atoms with van der Waals surface area (Å²) < 4.78 is 5.65. The van der Waals surface area contributed by atoms with Gasteiger partial charge in [-0.2, -0.15) is 0 Å². The standard InChI is InChI=1S/C10H15OSi/c1-10(2,3)12-11-9-7-5-4-6-8-9/h4-8,12H,1-3H3. The molecule has 0 aliphatic carbocycles. The summed E-state index contributed by atoms with van der Waals surface area (Å²) in [7, 11) is 0.0352. The summed E-state index contributed by atoms with van der Waals surface area (Å²) >= 11 is 0. The predicted molar refractivity (Wildman–Crippen MR) is 53.9 cm³/mol. The summed E-state index contributed by atoms with van der Waals surface area (Å²) in [5.41, 5.74) is 0. The van der Waals surface area contributed by atoms with Gasteiger partial charge in [-0.3, -0.25) is 0 Å². The van der Waals surface area contributed by atoms with Gasteiger partial charge in [-0.15, -0.1) is 0 Å². The van der Waals surface area contributed by atoms with E-state index in [1.165, 1.54) is 0 Å². The van der Waals surface area contributed by atoms with Crippen LogP contribution in [0.2, 0.25) is 5.04 Å². The van der Waals surface area contributed by atoms with Crippen LogP contribution in [0.5, 0.6) is 5.75 Å². The fourth-order valence-electron chi connectivity index (χ4n) is 0.744. The number of para-hydroxylation sites is 1. The van der Waals surface area contributed by atoms with E-state index in [2.05, 4.69) is 20.8 Å². The van der Waals surface area contributed by atoms with Gasteiger partial charge in [-0.05, 0) is 17.2 Å². The van der Waals surface area contributed by atoms with Gasteiger partial charge >= 0.3 is 0 Å². The largest absolute Gasteiger partial charge is 0.545 e. The molecule has 0 N–H and O–H groups in total. The van der Waals surface area contributed by atoms with E-state index in [0.717, 1.165) is 5.75 Å². The second-order valence-electron chi connectivity index (χ2n) is 3.91. The van der Waals surface area contributed by atoms with Crippen molar-refractivity contribution >= 4 is 9.76 Å². The van der Waals surface area contributed by atoms with Gasteiger partial charge in [-0.1, -0.05) is 39.0 Å². The first kappa shape index (κ1) is 9.33. The van der Waals surface area contributed by atoms with Crippen molar-refractivity contribution in [3.05, 3.63) is 30.3 Å². The lowest BCUT2D eigenvalue weighted by Crippen LogP contribution is -2.15. The maximum absolute atomic E-state index is 5.65. The predicted octanol–water partition coefficient (Wildman–Crippen LogP) is 2.64. The van der Waals surface area contributed by atoms with E-state index in [1.807, 2.05) is 30.3 Å². The Bertz CT molecular complexity index is 225. The molecule has 0 spiro atoms. The minimum atomic E-state index is 0.0352. The molecular weight excluding hydrogens is 164 g/mol. The molecular formula is C10H15OSi. The average molecular weight is 179 g/mol. The fourth-order valence-corrected chi connectivity index (χ4v) is 1.39. The molecule has 0 saturated heterocycles. The van der Waals surface area contributed by atoms with Gasteiger partial charge in [0.25, 0.3) is 9.76 Å². The summed E-state index contributed by atoms with van der Waals surface area (Å²) in [6, 6.07) is 9.99. The first-order valence-corrected chi connectivity index (χ1v) is 5.19. The Morgan fingerprint density at radius 1 is 1.08 bits per heavy atom. The van der Waals surface area contributed by atoms with Crippen LogP contribution in [0, 0.1) is 0 Å². The van der Waals surface area contributed by atoms with Crippen molar-refractivity contribution < 1.29 is 4.43 Å². The van der Waals surface area contributed by atoms with Crippen LogP contribution in [0.15, 0.2) is 30.3 Å². The number of hydrogen-bond acceptors (Lipinski definition) is 1. The van der Waals surface area contributed by atoms with Gasteiger partial charge in [0.15, 0.2) is 0 Å². The molecule has 0 heterocycles. The molecule has 1 rings (SSSR count). The second-order valence-corrected chi connectivity index (χ2v) is 6.12. The van der Waals surface area contributed by atoms with Crippen LogP contribution in [-0.4, -0.2) is 9.76 Å². The van der Waals surface area contributed by atoms with Crippen LogP contribution >= 0.6 is 0 Å². The zero-order chi connectivity index (χ0) is 9.03. The molecule has 12 heavy (non-hydrogen) atoms. The normalized spacial score (nSPS) is 11.2. The lowest BCUT2D eigenvalue weighted by molar-refractivity contribution is 0.544.